The third-order valence-electron chi connectivity index (χ3n) is 5.05. The van der Waals surface area contributed by atoms with Crippen LogP contribution in [0.5, 0.6) is 5.75 Å². The number of anilines is 1. The highest BCUT2D eigenvalue weighted by Gasteiger charge is 2.20. The molecule has 4 rings (SSSR count). The van der Waals surface area contributed by atoms with Crippen LogP contribution < -0.4 is 10.1 Å². The molecule has 0 saturated carbocycles. The van der Waals surface area contributed by atoms with Crippen LogP contribution in [0.4, 0.5) is 5.13 Å². The van der Waals surface area contributed by atoms with Crippen molar-refractivity contribution in [1.29, 1.82) is 0 Å². The number of nitrogens with zero attached hydrogens (tertiary/aromatic N) is 3. The van der Waals surface area contributed by atoms with E-state index in [1.54, 1.807) is 7.11 Å². The minimum atomic E-state index is -0.177. The fraction of sp³-hybridized carbons (Fsp3) is 0.381. The minimum Gasteiger partial charge on any atom is -0.497 e. The van der Waals surface area contributed by atoms with Crippen molar-refractivity contribution in [2.75, 3.05) is 38.7 Å². The van der Waals surface area contributed by atoms with Crippen molar-refractivity contribution in [2.45, 2.75) is 19.4 Å². The van der Waals surface area contributed by atoms with Gasteiger partial charge in [-0.05, 0) is 30.7 Å². The number of carbonyl (C=O) groups excluding carboxylic acids is 1. The van der Waals surface area contributed by atoms with Crippen LogP contribution in [0.15, 0.2) is 35.7 Å². The maximum atomic E-state index is 12.6. The van der Waals surface area contributed by atoms with Gasteiger partial charge in [0.25, 0.3) is 5.91 Å². The van der Waals surface area contributed by atoms with Gasteiger partial charge in [0.05, 0.1) is 25.9 Å². The van der Waals surface area contributed by atoms with E-state index in [9.17, 15) is 4.79 Å². The smallest absolute Gasteiger partial charge is 0.258 e. The first-order valence-electron chi connectivity index (χ1n) is 9.81. The average Bonchev–Trinajstić information content (AvgIpc) is 3.44. The van der Waals surface area contributed by atoms with E-state index >= 15 is 0 Å². The number of methoxy groups -OCH3 is 1. The standard InChI is InChI=1S/C21H24N4O3S2/c1-14(25-6-8-28-9-7-25)10-19-22-21(30-24-19)23-20(26)16-12-18(29-13-16)15-4-3-5-17(11-15)27-2/h3-5,11-14H,6-10H2,1-2H3,(H,22,23,24,26). The van der Waals surface area contributed by atoms with Crippen LogP contribution in [-0.2, 0) is 11.2 Å². The molecule has 2 aromatic heterocycles. The number of rotatable bonds is 7. The number of morpholine rings is 1. The van der Waals surface area contributed by atoms with Gasteiger partial charge in [-0.25, -0.2) is 4.98 Å². The summed E-state index contributed by atoms with van der Waals surface area (Å²) in [5.41, 5.74) is 1.63. The van der Waals surface area contributed by atoms with E-state index in [1.807, 2.05) is 35.7 Å². The fourth-order valence-corrected chi connectivity index (χ4v) is 4.83. The van der Waals surface area contributed by atoms with Crippen molar-refractivity contribution in [3.63, 3.8) is 0 Å². The van der Waals surface area contributed by atoms with Crippen molar-refractivity contribution < 1.29 is 14.3 Å². The molecule has 1 unspecified atom stereocenters. The molecular weight excluding hydrogens is 420 g/mol. The molecule has 1 aromatic carbocycles. The molecule has 1 atom stereocenters. The van der Waals surface area contributed by atoms with Crippen LogP contribution >= 0.6 is 22.9 Å². The van der Waals surface area contributed by atoms with Crippen LogP contribution in [0, 0.1) is 0 Å². The lowest BCUT2D eigenvalue weighted by molar-refractivity contribution is 0.0200. The second-order valence-corrected chi connectivity index (χ2v) is 8.77. The monoisotopic (exact) mass is 444 g/mol. The van der Waals surface area contributed by atoms with Crippen LogP contribution in [0.25, 0.3) is 10.4 Å². The molecule has 1 aliphatic heterocycles. The fourth-order valence-electron chi connectivity index (χ4n) is 3.35. The van der Waals surface area contributed by atoms with Crippen molar-refractivity contribution in [3.8, 4) is 16.2 Å². The lowest BCUT2D eigenvalue weighted by atomic mass is 10.1. The van der Waals surface area contributed by atoms with E-state index in [0.717, 1.165) is 54.7 Å². The molecule has 1 N–H and O–H groups in total. The molecule has 0 spiro atoms. The van der Waals surface area contributed by atoms with Gasteiger partial charge in [0.2, 0.25) is 5.13 Å². The Kier molecular flexibility index (Phi) is 6.73. The lowest BCUT2D eigenvalue weighted by Crippen LogP contribution is -2.43. The summed E-state index contributed by atoms with van der Waals surface area (Å²) in [5.74, 6) is 1.38. The molecule has 9 heteroatoms. The molecule has 0 bridgehead atoms. The topological polar surface area (TPSA) is 76.6 Å². The van der Waals surface area contributed by atoms with E-state index in [2.05, 4.69) is 26.5 Å². The number of hydrogen-bond acceptors (Lipinski definition) is 8. The second kappa shape index (κ2) is 9.65. The molecule has 1 fully saturated rings. The largest absolute Gasteiger partial charge is 0.497 e. The van der Waals surface area contributed by atoms with Crippen LogP contribution in [0.1, 0.15) is 23.1 Å². The van der Waals surface area contributed by atoms with Crippen LogP contribution in [0.3, 0.4) is 0 Å². The lowest BCUT2D eigenvalue weighted by Gasteiger charge is -2.31. The van der Waals surface area contributed by atoms with Gasteiger partial charge in [-0.2, -0.15) is 4.37 Å². The summed E-state index contributed by atoms with van der Waals surface area (Å²) in [6.45, 7) is 5.59. The first-order valence-corrected chi connectivity index (χ1v) is 11.5. The first-order chi connectivity index (χ1) is 14.6. The second-order valence-electron chi connectivity index (χ2n) is 7.10. The summed E-state index contributed by atoms with van der Waals surface area (Å²) < 4.78 is 15.1. The molecule has 0 aliphatic carbocycles. The summed E-state index contributed by atoms with van der Waals surface area (Å²) in [5, 5.41) is 5.25. The maximum Gasteiger partial charge on any atom is 0.258 e. The van der Waals surface area contributed by atoms with Crippen LogP contribution in [-0.4, -0.2) is 59.6 Å². The number of aromatic nitrogens is 2. The number of hydrogen-bond donors (Lipinski definition) is 1. The molecule has 1 aliphatic rings. The summed E-state index contributed by atoms with van der Waals surface area (Å²) in [6.07, 6.45) is 0.755. The predicted octanol–water partition coefficient (Wildman–Crippen LogP) is 3.79. The highest BCUT2D eigenvalue weighted by molar-refractivity contribution is 7.14. The zero-order valence-electron chi connectivity index (χ0n) is 17.0. The first kappa shape index (κ1) is 20.9. The Bertz CT molecular complexity index is 998. The molecule has 1 saturated heterocycles. The number of carbonyl (C=O) groups is 1. The highest BCUT2D eigenvalue weighted by atomic mass is 32.1. The van der Waals surface area contributed by atoms with Crippen molar-refractivity contribution >= 4 is 33.9 Å². The summed E-state index contributed by atoms with van der Waals surface area (Å²) in [7, 11) is 1.64. The van der Waals surface area contributed by atoms with Crippen molar-refractivity contribution in [1.82, 2.24) is 14.3 Å². The zero-order valence-corrected chi connectivity index (χ0v) is 18.6. The number of ether oxygens (including phenoxy) is 2. The van der Waals surface area contributed by atoms with Gasteiger partial charge in [-0.3, -0.25) is 15.0 Å². The number of benzene rings is 1. The van der Waals surface area contributed by atoms with Crippen LogP contribution in [0.2, 0.25) is 0 Å². The molecule has 3 aromatic rings. The van der Waals surface area contributed by atoms with E-state index in [0.29, 0.717) is 16.7 Å². The number of nitrogens with one attached hydrogen (secondary N) is 1. The van der Waals surface area contributed by atoms with Gasteiger partial charge < -0.3 is 9.47 Å². The minimum absolute atomic E-state index is 0.177. The molecular formula is C21H24N4O3S2. The van der Waals surface area contributed by atoms with Gasteiger partial charge in [0.15, 0.2) is 0 Å². The third-order valence-corrected chi connectivity index (χ3v) is 6.70. The molecule has 158 valence electrons. The van der Waals surface area contributed by atoms with Gasteiger partial charge in [-0.15, -0.1) is 11.3 Å². The predicted molar refractivity (Wildman–Crippen MR) is 120 cm³/mol. The summed E-state index contributed by atoms with van der Waals surface area (Å²) >= 11 is 2.75. The van der Waals surface area contributed by atoms with E-state index in [1.165, 1.54) is 22.9 Å². The van der Waals surface area contributed by atoms with E-state index in [4.69, 9.17) is 9.47 Å². The van der Waals surface area contributed by atoms with E-state index in [-0.39, 0.29) is 5.91 Å². The SMILES string of the molecule is COc1cccc(-c2cc(C(=O)Nc3nc(CC(C)N4CCOCC4)ns3)cs2)c1. The number of amides is 1. The summed E-state index contributed by atoms with van der Waals surface area (Å²) in [6, 6.07) is 10.0. The van der Waals surface area contributed by atoms with Crippen molar-refractivity contribution in [2.24, 2.45) is 0 Å². The van der Waals surface area contributed by atoms with Gasteiger partial charge in [0, 0.05) is 47.3 Å². The Morgan fingerprint density at radius 3 is 2.97 bits per heavy atom. The Hall–Kier alpha value is -2.33. The highest BCUT2D eigenvalue weighted by Crippen LogP contribution is 2.30. The van der Waals surface area contributed by atoms with Gasteiger partial charge >= 0.3 is 0 Å². The zero-order chi connectivity index (χ0) is 20.9. The Morgan fingerprint density at radius 1 is 1.33 bits per heavy atom. The molecule has 3 heterocycles. The normalized spacial score (nSPS) is 15.7. The average molecular weight is 445 g/mol. The quantitative estimate of drug-likeness (QED) is 0.598. The Morgan fingerprint density at radius 2 is 2.17 bits per heavy atom. The molecule has 7 nitrogen and oxygen atoms in total. The molecule has 30 heavy (non-hydrogen) atoms. The maximum absolute atomic E-state index is 12.6. The van der Waals surface area contributed by atoms with Gasteiger partial charge in [0.1, 0.15) is 11.6 Å². The molecule has 0 radical (unpaired) electrons. The number of thiophene rings is 1. The summed E-state index contributed by atoms with van der Waals surface area (Å²) in [4.78, 5) is 20.5. The van der Waals surface area contributed by atoms with Crippen molar-refractivity contribution in [3.05, 3.63) is 47.1 Å². The molecule has 1 amide bonds. The van der Waals surface area contributed by atoms with Gasteiger partial charge in [-0.1, -0.05) is 12.1 Å². The Balaban J connectivity index is 1.37. The Labute approximate surface area is 183 Å². The van der Waals surface area contributed by atoms with E-state index < -0.39 is 0 Å². The third kappa shape index (κ3) is 5.04.